The van der Waals surface area contributed by atoms with Crippen molar-refractivity contribution in [3.8, 4) is 0 Å². The van der Waals surface area contributed by atoms with E-state index < -0.39 is 0 Å². The van der Waals surface area contributed by atoms with Gasteiger partial charge in [0.25, 0.3) is 0 Å². The minimum Gasteiger partial charge on any atom is -0.367 e. The van der Waals surface area contributed by atoms with Crippen LogP contribution in [0.5, 0.6) is 0 Å². The molecule has 2 aliphatic heterocycles. The summed E-state index contributed by atoms with van der Waals surface area (Å²) >= 11 is 1.72. The molecule has 0 aliphatic carbocycles. The zero-order valence-electron chi connectivity index (χ0n) is 13.4. The first-order valence-corrected chi connectivity index (χ1v) is 9.23. The van der Waals surface area contributed by atoms with E-state index in [1.165, 1.54) is 18.4 Å². The number of nitrogens with zero attached hydrogens (tertiary/aromatic N) is 4. The highest BCUT2D eigenvalue weighted by Gasteiger charge is 2.28. The van der Waals surface area contributed by atoms with Gasteiger partial charge in [-0.05, 0) is 42.2 Å². The van der Waals surface area contributed by atoms with Crippen molar-refractivity contribution in [1.82, 2.24) is 9.97 Å². The number of morpholine rings is 1. The van der Waals surface area contributed by atoms with Crippen LogP contribution in [0.1, 0.15) is 31.4 Å². The molecule has 2 aromatic heterocycles. The van der Waals surface area contributed by atoms with Gasteiger partial charge in [-0.25, -0.2) is 9.97 Å². The zero-order valence-corrected chi connectivity index (χ0v) is 14.2. The molecule has 4 heterocycles. The van der Waals surface area contributed by atoms with E-state index in [-0.39, 0.29) is 12.2 Å². The molecular weight excluding hydrogens is 308 g/mol. The Balaban J connectivity index is 1.55. The van der Waals surface area contributed by atoms with Crippen molar-refractivity contribution in [2.75, 3.05) is 36.0 Å². The van der Waals surface area contributed by atoms with E-state index in [4.69, 9.17) is 4.74 Å². The summed E-state index contributed by atoms with van der Waals surface area (Å²) in [4.78, 5) is 13.7. The molecule has 0 radical (unpaired) electrons. The molecule has 2 aliphatic rings. The van der Waals surface area contributed by atoms with Crippen LogP contribution in [0.3, 0.4) is 0 Å². The van der Waals surface area contributed by atoms with E-state index in [9.17, 15) is 0 Å². The van der Waals surface area contributed by atoms with Gasteiger partial charge in [-0.3, -0.25) is 0 Å². The van der Waals surface area contributed by atoms with Crippen LogP contribution >= 0.6 is 11.3 Å². The Morgan fingerprint density at radius 3 is 2.65 bits per heavy atom. The Morgan fingerprint density at radius 1 is 1.13 bits per heavy atom. The summed E-state index contributed by atoms with van der Waals surface area (Å²) in [7, 11) is 0. The fraction of sp³-hybridized carbons (Fsp3) is 0.529. The molecule has 6 heteroatoms. The molecule has 0 amide bonds. The lowest BCUT2D eigenvalue weighted by Gasteiger charge is -2.37. The number of anilines is 2. The second kappa shape index (κ2) is 6.45. The predicted octanol–water partition coefficient (Wildman–Crippen LogP) is 3.10. The van der Waals surface area contributed by atoms with E-state index in [1.807, 2.05) is 0 Å². The second-order valence-electron chi connectivity index (χ2n) is 6.33. The lowest BCUT2D eigenvalue weighted by molar-refractivity contribution is -0.0174. The Bertz CT molecular complexity index is 642. The van der Waals surface area contributed by atoms with Gasteiger partial charge in [0.15, 0.2) is 0 Å². The normalized spacial score (nSPS) is 25.1. The van der Waals surface area contributed by atoms with Gasteiger partial charge in [-0.2, -0.15) is 11.3 Å². The van der Waals surface area contributed by atoms with Gasteiger partial charge in [-0.1, -0.05) is 0 Å². The van der Waals surface area contributed by atoms with Crippen LogP contribution in [-0.2, 0) is 4.74 Å². The summed E-state index contributed by atoms with van der Waals surface area (Å²) < 4.78 is 6.12. The molecule has 2 fully saturated rings. The summed E-state index contributed by atoms with van der Waals surface area (Å²) in [5, 5.41) is 4.29. The van der Waals surface area contributed by atoms with E-state index in [1.54, 1.807) is 17.7 Å². The number of rotatable bonds is 3. The van der Waals surface area contributed by atoms with Crippen molar-refractivity contribution in [1.29, 1.82) is 0 Å². The third-order valence-corrected chi connectivity index (χ3v) is 5.27. The molecule has 23 heavy (non-hydrogen) atoms. The molecule has 0 aromatic carbocycles. The molecular formula is C17H22N4OS. The molecule has 122 valence electrons. The molecule has 2 aromatic rings. The van der Waals surface area contributed by atoms with Gasteiger partial charge in [0, 0.05) is 32.2 Å². The first-order valence-electron chi connectivity index (χ1n) is 8.29. The average Bonchev–Trinajstić information content (AvgIpc) is 3.28. The number of thiophene rings is 1. The van der Waals surface area contributed by atoms with Crippen LogP contribution in [0.15, 0.2) is 29.2 Å². The summed E-state index contributed by atoms with van der Waals surface area (Å²) in [6, 6.07) is 4.29. The molecule has 0 spiro atoms. The maximum Gasteiger partial charge on any atom is 0.134 e. The Kier molecular flexibility index (Phi) is 4.18. The molecule has 4 rings (SSSR count). The molecule has 0 saturated carbocycles. The van der Waals surface area contributed by atoms with Gasteiger partial charge in [0.1, 0.15) is 24.1 Å². The van der Waals surface area contributed by atoms with Crippen LogP contribution in [0.2, 0.25) is 0 Å². The maximum atomic E-state index is 6.12. The topological polar surface area (TPSA) is 41.5 Å². The van der Waals surface area contributed by atoms with Gasteiger partial charge in [-0.15, -0.1) is 0 Å². The smallest absolute Gasteiger partial charge is 0.134 e. The first-order chi connectivity index (χ1) is 11.3. The van der Waals surface area contributed by atoms with Gasteiger partial charge in [0.2, 0.25) is 0 Å². The van der Waals surface area contributed by atoms with Gasteiger partial charge in [0.05, 0.1) is 6.10 Å². The van der Waals surface area contributed by atoms with Crippen LogP contribution in [0, 0.1) is 0 Å². The van der Waals surface area contributed by atoms with Gasteiger partial charge < -0.3 is 14.5 Å². The maximum absolute atomic E-state index is 6.12. The third-order valence-electron chi connectivity index (χ3n) is 4.57. The SMILES string of the molecule is C[C@@H]1CN(c2cc(N3CCCC3)ncn2)C[C@H](c2ccsc2)O1. The van der Waals surface area contributed by atoms with E-state index >= 15 is 0 Å². The van der Waals surface area contributed by atoms with Crippen LogP contribution in [0.4, 0.5) is 11.6 Å². The third kappa shape index (κ3) is 3.19. The monoisotopic (exact) mass is 330 g/mol. The van der Waals surface area contributed by atoms with Gasteiger partial charge >= 0.3 is 0 Å². The lowest BCUT2D eigenvalue weighted by Crippen LogP contribution is -2.43. The van der Waals surface area contributed by atoms with Crippen molar-refractivity contribution < 1.29 is 4.74 Å². The molecule has 2 saturated heterocycles. The quantitative estimate of drug-likeness (QED) is 0.865. The first kappa shape index (κ1) is 14.9. The minimum absolute atomic E-state index is 0.121. The Hall–Kier alpha value is -1.66. The fourth-order valence-corrected chi connectivity index (χ4v) is 4.11. The molecule has 5 nitrogen and oxygen atoms in total. The zero-order chi connectivity index (χ0) is 15.6. The van der Waals surface area contributed by atoms with Crippen LogP contribution in [0.25, 0.3) is 0 Å². The highest BCUT2D eigenvalue weighted by Crippen LogP contribution is 2.30. The molecule has 2 atom stereocenters. The standard InChI is InChI=1S/C17H22N4OS/c1-13-9-21(10-15(22-13)14-4-7-23-11-14)17-8-16(18-12-19-17)20-5-2-3-6-20/h4,7-8,11-13,15H,2-3,5-6,9-10H2,1H3/t13-,15-/m1/s1. The van der Waals surface area contributed by atoms with E-state index in [0.717, 1.165) is 37.8 Å². The lowest BCUT2D eigenvalue weighted by atomic mass is 10.1. The van der Waals surface area contributed by atoms with Crippen LogP contribution in [-0.4, -0.2) is 42.3 Å². The van der Waals surface area contributed by atoms with Crippen LogP contribution < -0.4 is 9.80 Å². The molecule has 0 N–H and O–H groups in total. The number of aromatic nitrogens is 2. The van der Waals surface area contributed by atoms with Crippen molar-refractivity contribution in [2.24, 2.45) is 0 Å². The second-order valence-corrected chi connectivity index (χ2v) is 7.11. The van der Waals surface area contributed by atoms with Crippen molar-refractivity contribution in [3.63, 3.8) is 0 Å². The van der Waals surface area contributed by atoms with Crippen molar-refractivity contribution >= 4 is 23.0 Å². The highest BCUT2D eigenvalue weighted by atomic mass is 32.1. The number of hydrogen-bond donors (Lipinski definition) is 0. The van der Waals surface area contributed by atoms with Crippen molar-refractivity contribution in [2.45, 2.75) is 32.0 Å². The average molecular weight is 330 g/mol. The summed E-state index contributed by atoms with van der Waals surface area (Å²) in [5.41, 5.74) is 1.26. The molecule has 0 bridgehead atoms. The summed E-state index contributed by atoms with van der Waals surface area (Å²) in [6.07, 6.45) is 4.53. The number of ether oxygens (including phenoxy) is 1. The summed E-state index contributed by atoms with van der Waals surface area (Å²) in [6.45, 7) is 6.06. The van der Waals surface area contributed by atoms with E-state index in [2.05, 4.69) is 49.6 Å². The Morgan fingerprint density at radius 2 is 1.91 bits per heavy atom. The highest BCUT2D eigenvalue weighted by molar-refractivity contribution is 7.07. The molecule has 0 unspecified atom stereocenters. The minimum atomic E-state index is 0.121. The van der Waals surface area contributed by atoms with E-state index in [0.29, 0.717) is 0 Å². The number of hydrogen-bond acceptors (Lipinski definition) is 6. The Labute approximate surface area is 140 Å². The fourth-order valence-electron chi connectivity index (χ4n) is 3.41. The predicted molar refractivity (Wildman–Crippen MR) is 93.3 cm³/mol. The summed E-state index contributed by atoms with van der Waals surface area (Å²) in [5.74, 6) is 2.07. The largest absolute Gasteiger partial charge is 0.367 e. The van der Waals surface area contributed by atoms with Crippen molar-refractivity contribution in [3.05, 3.63) is 34.8 Å².